The van der Waals surface area contributed by atoms with E-state index in [0.29, 0.717) is 11.7 Å². The minimum atomic E-state index is -0.250. The van der Waals surface area contributed by atoms with Crippen LogP contribution in [-0.2, 0) is 0 Å². The highest BCUT2D eigenvalue weighted by molar-refractivity contribution is 9.10. The average molecular weight is 338 g/mol. The number of rotatable bonds is 3. The molecule has 0 amide bonds. The smallest absolute Gasteiger partial charge is 0.208 e. The lowest BCUT2D eigenvalue weighted by atomic mass is 10.2. The van der Waals surface area contributed by atoms with Crippen LogP contribution < -0.4 is 5.32 Å². The van der Waals surface area contributed by atoms with Gasteiger partial charge in [-0.25, -0.2) is 9.37 Å². The number of nitrogens with zero attached hydrogens (tertiary/aromatic N) is 2. The molecule has 1 aliphatic rings. The van der Waals surface area contributed by atoms with Gasteiger partial charge in [0, 0.05) is 16.7 Å². The largest absolute Gasteiger partial charge is 0.353 e. The van der Waals surface area contributed by atoms with E-state index in [2.05, 4.69) is 26.2 Å². The summed E-state index contributed by atoms with van der Waals surface area (Å²) < 4.78 is 16.7. The van der Waals surface area contributed by atoms with Crippen molar-refractivity contribution in [2.75, 3.05) is 5.32 Å². The third-order valence-corrected chi connectivity index (χ3v) is 4.18. The molecular weight excluding hydrogens is 321 g/mol. The Hall–Kier alpha value is -1.36. The maximum absolute atomic E-state index is 14.1. The van der Waals surface area contributed by atoms with Gasteiger partial charge in [-0.15, -0.1) is 0 Å². The number of anilines is 1. The molecule has 106 valence electrons. The predicted octanol–water partition coefficient (Wildman–Crippen LogP) is 4.44. The Balaban J connectivity index is 1.97. The summed E-state index contributed by atoms with van der Waals surface area (Å²) in [5.74, 6) is 0.478. The fourth-order valence-corrected chi connectivity index (χ4v) is 3.06. The van der Waals surface area contributed by atoms with Gasteiger partial charge in [0.25, 0.3) is 0 Å². The number of hydrogen-bond donors (Lipinski definition) is 1. The van der Waals surface area contributed by atoms with E-state index in [1.807, 2.05) is 13.1 Å². The molecule has 0 radical (unpaired) electrons. The predicted molar refractivity (Wildman–Crippen MR) is 81.8 cm³/mol. The van der Waals surface area contributed by atoms with Gasteiger partial charge in [-0.3, -0.25) is 4.57 Å². The van der Waals surface area contributed by atoms with Crippen molar-refractivity contribution >= 4 is 21.9 Å². The highest BCUT2D eigenvalue weighted by Crippen LogP contribution is 2.26. The zero-order chi connectivity index (χ0) is 14.1. The van der Waals surface area contributed by atoms with Crippen molar-refractivity contribution in [3.63, 3.8) is 0 Å². The second-order valence-corrected chi connectivity index (χ2v) is 6.21. The van der Waals surface area contributed by atoms with Gasteiger partial charge in [-0.1, -0.05) is 28.8 Å². The summed E-state index contributed by atoms with van der Waals surface area (Å²) in [6.45, 7) is 1.92. The third kappa shape index (κ3) is 2.73. The van der Waals surface area contributed by atoms with Crippen molar-refractivity contribution in [1.82, 2.24) is 9.55 Å². The standard InChI is InChI=1S/C15H17BrFN3/c1-10-9-20(14-8-11(16)6-7-13(14)17)15(18-10)19-12-4-2-3-5-12/h6-9,12H,2-5H2,1H3,(H,18,19). The lowest BCUT2D eigenvalue weighted by Crippen LogP contribution is -2.18. The Morgan fingerprint density at radius 3 is 2.85 bits per heavy atom. The monoisotopic (exact) mass is 337 g/mol. The number of imidazole rings is 1. The van der Waals surface area contributed by atoms with Gasteiger partial charge < -0.3 is 5.32 Å². The summed E-state index contributed by atoms with van der Waals surface area (Å²) >= 11 is 3.39. The van der Waals surface area contributed by atoms with Crippen LogP contribution in [0.15, 0.2) is 28.9 Å². The third-order valence-electron chi connectivity index (χ3n) is 3.68. The molecule has 20 heavy (non-hydrogen) atoms. The second kappa shape index (κ2) is 5.56. The van der Waals surface area contributed by atoms with E-state index < -0.39 is 0 Å². The fraction of sp³-hybridized carbons (Fsp3) is 0.400. The molecule has 3 nitrogen and oxygen atoms in total. The molecule has 1 aromatic carbocycles. The Bertz CT molecular complexity index is 618. The van der Waals surface area contributed by atoms with Gasteiger partial charge in [0.1, 0.15) is 5.82 Å². The summed E-state index contributed by atoms with van der Waals surface area (Å²) in [4.78, 5) is 4.49. The van der Waals surface area contributed by atoms with Gasteiger partial charge in [0.15, 0.2) is 0 Å². The lowest BCUT2D eigenvalue weighted by molar-refractivity contribution is 0.617. The molecule has 1 aliphatic carbocycles. The first-order valence-electron chi connectivity index (χ1n) is 6.91. The summed E-state index contributed by atoms with van der Waals surface area (Å²) in [6, 6.07) is 5.39. The SMILES string of the molecule is Cc1cn(-c2cc(Br)ccc2F)c(NC2CCCC2)n1. The normalized spacial score (nSPS) is 15.8. The van der Waals surface area contributed by atoms with Crippen molar-refractivity contribution in [3.8, 4) is 5.69 Å². The Morgan fingerprint density at radius 1 is 1.35 bits per heavy atom. The first-order valence-corrected chi connectivity index (χ1v) is 7.71. The molecule has 2 aromatic rings. The van der Waals surface area contributed by atoms with E-state index in [4.69, 9.17) is 0 Å². The molecule has 0 spiro atoms. The summed E-state index contributed by atoms with van der Waals surface area (Å²) in [5.41, 5.74) is 1.39. The molecule has 0 unspecified atom stereocenters. The molecule has 5 heteroatoms. The highest BCUT2D eigenvalue weighted by Gasteiger charge is 2.18. The van der Waals surface area contributed by atoms with Gasteiger partial charge in [-0.2, -0.15) is 0 Å². The molecular formula is C15H17BrFN3. The zero-order valence-electron chi connectivity index (χ0n) is 11.4. The minimum absolute atomic E-state index is 0.250. The number of hydrogen-bond acceptors (Lipinski definition) is 2. The highest BCUT2D eigenvalue weighted by atomic mass is 79.9. The average Bonchev–Trinajstić information content (AvgIpc) is 3.03. The van der Waals surface area contributed by atoms with Crippen LogP contribution in [0.1, 0.15) is 31.4 Å². The number of nitrogens with one attached hydrogen (secondary N) is 1. The van der Waals surface area contributed by atoms with Gasteiger partial charge in [0.05, 0.1) is 11.4 Å². The van der Waals surface area contributed by atoms with Crippen LogP contribution in [0.5, 0.6) is 0 Å². The molecule has 0 aliphatic heterocycles. The molecule has 0 bridgehead atoms. The van der Waals surface area contributed by atoms with Gasteiger partial charge in [0.2, 0.25) is 5.95 Å². The van der Waals surface area contributed by atoms with Crippen LogP contribution in [-0.4, -0.2) is 15.6 Å². The Morgan fingerprint density at radius 2 is 2.10 bits per heavy atom. The van der Waals surface area contributed by atoms with Crippen LogP contribution in [0.25, 0.3) is 5.69 Å². The van der Waals surface area contributed by atoms with E-state index in [1.165, 1.54) is 18.9 Å². The Labute approximate surface area is 126 Å². The van der Waals surface area contributed by atoms with E-state index in [1.54, 1.807) is 16.7 Å². The summed E-state index contributed by atoms with van der Waals surface area (Å²) in [7, 11) is 0. The van der Waals surface area contributed by atoms with Crippen LogP contribution in [0.3, 0.4) is 0 Å². The molecule has 3 rings (SSSR count). The first kappa shape index (κ1) is 13.6. The van der Waals surface area contributed by atoms with Crippen molar-refractivity contribution in [2.45, 2.75) is 38.6 Å². The molecule has 1 saturated carbocycles. The lowest BCUT2D eigenvalue weighted by Gasteiger charge is -2.15. The fourth-order valence-electron chi connectivity index (χ4n) is 2.71. The van der Waals surface area contributed by atoms with Crippen LogP contribution in [0.2, 0.25) is 0 Å². The minimum Gasteiger partial charge on any atom is -0.353 e. The number of benzene rings is 1. The quantitative estimate of drug-likeness (QED) is 0.897. The van der Waals surface area contributed by atoms with Gasteiger partial charge >= 0.3 is 0 Å². The topological polar surface area (TPSA) is 29.9 Å². The molecule has 1 fully saturated rings. The molecule has 1 N–H and O–H groups in total. The maximum atomic E-state index is 14.1. The van der Waals surface area contributed by atoms with Crippen molar-refractivity contribution in [2.24, 2.45) is 0 Å². The van der Waals surface area contributed by atoms with Crippen molar-refractivity contribution < 1.29 is 4.39 Å². The van der Waals surface area contributed by atoms with E-state index in [0.717, 1.165) is 29.0 Å². The number of halogens is 2. The van der Waals surface area contributed by atoms with Crippen LogP contribution in [0, 0.1) is 12.7 Å². The maximum Gasteiger partial charge on any atom is 0.208 e. The van der Waals surface area contributed by atoms with Crippen molar-refractivity contribution in [1.29, 1.82) is 0 Å². The summed E-state index contributed by atoms with van der Waals surface area (Å²) in [5, 5.41) is 3.45. The summed E-state index contributed by atoms with van der Waals surface area (Å²) in [6.07, 6.45) is 6.69. The van der Waals surface area contributed by atoms with E-state index in [9.17, 15) is 4.39 Å². The zero-order valence-corrected chi connectivity index (χ0v) is 13.0. The molecule has 1 heterocycles. The second-order valence-electron chi connectivity index (χ2n) is 5.30. The number of aromatic nitrogens is 2. The first-order chi connectivity index (χ1) is 9.63. The van der Waals surface area contributed by atoms with Gasteiger partial charge in [-0.05, 0) is 38.0 Å². The van der Waals surface area contributed by atoms with Crippen LogP contribution in [0.4, 0.5) is 10.3 Å². The molecule has 0 saturated heterocycles. The molecule has 0 atom stereocenters. The number of aryl methyl sites for hydroxylation is 1. The van der Waals surface area contributed by atoms with E-state index in [-0.39, 0.29) is 5.82 Å². The Kier molecular flexibility index (Phi) is 3.78. The van der Waals surface area contributed by atoms with E-state index >= 15 is 0 Å². The van der Waals surface area contributed by atoms with Crippen molar-refractivity contribution in [3.05, 3.63) is 40.4 Å². The van der Waals surface area contributed by atoms with Crippen LogP contribution >= 0.6 is 15.9 Å². The molecule has 1 aromatic heterocycles.